The molecule has 2 aromatic carbocycles. The molecule has 11 heteroatoms. The quantitative estimate of drug-likeness (QED) is 0.590. The summed E-state index contributed by atoms with van der Waals surface area (Å²) >= 11 is 0. The van der Waals surface area contributed by atoms with E-state index in [4.69, 9.17) is 9.47 Å². The summed E-state index contributed by atoms with van der Waals surface area (Å²) in [7, 11) is -2.42. The van der Waals surface area contributed by atoms with Gasteiger partial charge in [0.2, 0.25) is 10.0 Å². The SMILES string of the molecule is CCOc1ccc(S(=O)(=O)N2CCN(C(=O)c3ccc(OC(F)F)c(OC)c3)CC2)cc1. The summed E-state index contributed by atoms with van der Waals surface area (Å²) in [5.41, 5.74) is 0.228. The van der Waals surface area contributed by atoms with E-state index >= 15 is 0 Å². The molecule has 1 amide bonds. The van der Waals surface area contributed by atoms with E-state index in [0.717, 1.165) is 0 Å². The fourth-order valence-corrected chi connectivity index (χ4v) is 4.75. The first-order chi connectivity index (χ1) is 15.3. The van der Waals surface area contributed by atoms with Crippen LogP contribution in [0.15, 0.2) is 47.4 Å². The maximum atomic E-state index is 12.9. The highest BCUT2D eigenvalue weighted by atomic mass is 32.2. The molecular formula is C21H24F2N2O6S. The molecule has 0 unspecified atom stereocenters. The van der Waals surface area contributed by atoms with Crippen LogP contribution < -0.4 is 14.2 Å². The molecule has 0 N–H and O–H groups in total. The molecule has 0 atom stereocenters. The van der Waals surface area contributed by atoms with Crippen molar-refractivity contribution in [2.45, 2.75) is 18.4 Å². The Hall–Kier alpha value is -2.92. The van der Waals surface area contributed by atoms with Crippen LogP contribution in [0.3, 0.4) is 0 Å². The van der Waals surface area contributed by atoms with Crippen LogP contribution in [-0.2, 0) is 10.0 Å². The third kappa shape index (κ3) is 5.28. The highest BCUT2D eigenvalue weighted by Crippen LogP contribution is 2.30. The molecule has 1 fully saturated rings. The minimum absolute atomic E-state index is 0.00728. The number of halogens is 2. The summed E-state index contributed by atoms with van der Waals surface area (Å²) in [5.74, 6) is 0.0606. The second kappa shape index (κ2) is 10.1. The molecule has 0 aromatic heterocycles. The summed E-state index contributed by atoms with van der Waals surface area (Å²) in [4.78, 5) is 14.5. The smallest absolute Gasteiger partial charge is 0.387 e. The third-order valence-corrected chi connectivity index (χ3v) is 6.84. The van der Waals surface area contributed by atoms with E-state index in [-0.39, 0.29) is 54.0 Å². The van der Waals surface area contributed by atoms with Crippen LogP contribution in [0.5, 0.6) is 17.2 Å². The average molecular weight is 470 g/mol. The molecule has 3 rings (SSSR count). The van der Waals surface area contributed by atoms with Crippen molar-refractivity contribution in [1.82, 2.24) is 9.21 Å². The van der Waals surface area contributed by atoms with Crippen molar-refractivity contribution in [2.75, 3.05) is 39.9 Å². The zero-order valence-electron chi connectivity index (χ0n) is 17.7. The lowest BCUT2D eigenvalue weighted by Crippen LogP contribution is -2.50. The largest absolute Gasteiger partial charge is 0.494 e. The second-order valence-corrected chi connectivity index (χ2v) is 8.78. The summed E-state index contributed by atoms with van der Waals surface area (Å²) in [6.07, 6.45) is 0. The first kappa shape index (κ1) is 23.7. The minimum Gasteiger partial charge on any atom is -0.494 e. The van der Waals surface area contributed by atoms with E-state index in [0.29, 0.717) is 12.4 Å². The fourth-order valence-electron chi connectivity index (χ4n) is 3.33. The van der Waals surface area contributed by atoms with Gasteiger partial charge < -0.3 is 19.1 Å². The van der Waals surface area contributed by atoms with Crippen LogP contribution in [-0.4, -0.2) is 70.0 Å². The number of nitrogens with zero attached hydrogens (tertiary/aromatic N) is 2. The van der Waals surface area contributed by atoms with Crippen LogP contribution in [0.1, 0.15) is 17.3 Å². The summed E-state index contributed by atoms with van der Waals surface area (Å²) < 4.78 is 66.8. The molecule has 1 aliphatic heterocycles. The minimum atomic E-state index is -3.70. The Morgan fingerprint density at radius 1 is 1.03 bits per heavy atom. The number of sulfonamides is 1. The predicted octanol–water partition coefficient (Wildman–Crippen LogP) is 2.84. The number of hydrogen-bond acceptors (Lipinski definition) is 6. The van der Waals surface area contributed by atoms with E-state index in [1.165, 1.54) is 46.6 Å². The van der Waals surface area contributed by atoms with E-state index in [1.807, 2.05) is 6.92 Å². The lowest BCUT2D eigenvalue weighted by Gasteiger charge is -2.34. The second-order valence-electron chi connectivity index (χ2n) is 6.84. The van der Waals surface area contributed by atoms with Gasteiger partial charge >= 0.3 is 6.61 Å². The lowest BCUT2D eigenvalue weighted by atomic mass is 10.1. The first-order valence-electron chi connectivity index (χ1n) is 9.91. The van der Waals surface area contributed by atoms with Crippen molar-refractivity contribution in [2.24, 2.45) is 0 Å². The standard InChI is InChI=1S/C21H24F2N2O6S/c1-3-30-16-5-7-17(8-6-16)32(27,28)25-12-10-24(11-13-25)20(26)15-4-9-18(31-21(22)23)19(14-15)29-2/h4-9,14,21H,3,10-13H2,1-2H3. The van der Waals surface area contributed by atoms with Gasteiger partial charge in [-0.15, -0.1) is 0 Å². The van der Waals surface area contributed by atoms with Gasteiger partial charge in [0.05, 0.1) is 18.6 Å². The number of hydrogen-bond donors (Lipinski definition) is 0. The highest BCUT2D eigenvalue weighted by Gasteiger charge is 2.30. The molecule has 2 aromatic rings. The van der Waals surface area contributed by atoms with E-state index < -0.39 is 16.6 Å². The van der Waals surface area contributed by atoms with Crippen molar-refractivity contribution in [3.05, 3.63) is 48.0 Å². The molecule has 0 bridgehead atoms. The molecule has 1 heterocycles. The van der Waals surface area contributed by atoms with Gasteiger partial charge in [0.15, 0.2) is 11.5 Å². The Labute approximate surface area is 185 Å². The Kier molecular flexibility index (Phi) is 7.52. The van der Waals surface area contributed by atoms with Crippen molar-refractivity contribution in [3.8, 4) is 17.2 Å². The summed E-state index contributed by atoms with van der Waals surface area (Å²) in [5, 5.41) is 0. The molecule has 1 aliphatic rings. The zero-order valence-corrected chi connectivity index (χ0v) is 18.5. The van der Waals surface area contributed by atoms with Crippen molar-refractivity contribution >= 4 is 15.9 Å². The van der Waals surface area contributed by atoms with Crippen molar-refractivity contribution in [1.29, 1.82) is 0 Å². The first-order valence-corrected chi connectivity index (χ1v) is 11.4. The van der Waals surface area contributed by atoms with E-state index in [9.17, 15) is 22.0 Å². The van der Waals surface area contributed by atoms with Gasteiger partial charge in [-0.25, -0.2) is 8.42 Å². The predicted molar refractivity (Wildman–Crippen MR) is 112 cm³/mol. The number of piperazine rings is 1. The van der Waals surface area contributed by atoms with Crippen LogP contribution in [0.4, 0.5) is 8.78 Å². The normalized spacial score (nSPS) is 15.0. The Bertz CT molecular complexity index is 1040. The van der Waals surface area contributed by atoms with Gasteiger partial charge in [-0.3, -0.25) is 4.79 Å². The highest BCUT2D eigenvalue weighted by molar-refractivity contribution is 7.89. The third-order valence-electron chi connectivity index (χ3n) is 4.92. The number of methoxy groups -OCH3 is 1. The van der Waals surface area contributed by atoms with Crippen molar-refractivity contribution in [3.63, 3.8) is 0 Å². The topological polar surface area (TPSA) is 85.4 Å². The maximum Gasteiger partial charge on any atom is 0.387 e. The number of carbonyl (C=O) groups is 1. The Morgan fingerprint density at radius 3 is 2.25 bits per heavy atom. The molecule has 0 spiro atoms. The molecular weight excluding hydrogens is 446 g/mol. The molecule has 1 saturated heterocycles. The molecule has 8 nitrogen and oxygen atoms in total. The summed E-state index contributed by atoms with van der Waals surface area (Å²) in [6.45, 7) is -0.0610. The lowest BCUT2D eigenvalue weighted by molar-refractivity contribution is -0.0512. The van der Waals surface area contributed by atoms with Gasteiger partial charge in [0.25, 0.3) is 5.91 Å². The van der Waals surface area contributed by atoms with Gasteiger partial charge in [-0.05, 0) is 49.4 Å². The zero-order chi connectivity index (χ0) is 23.3. The van der Waals surface area contributed by atoms with Gasteiger partial charge in [0.1, 0.15) is 5.75 Å². The number of amides is 1. The Morgan fingerprint density at radius 2 is 1.69 bits per heavy atom. The van der Waals surface area contributed by atoms with E-state index in [1.54, 1.807) is 12.1 Å². The monoisotopic (exact) mass is 470 g/mol. The number of rotatable bonds is 8. The molecule has 0 aliphatic carbocycles. The van der Waals surface area contributed by atoms with Crippen LogP contribution >= 0.6 is 0 Å². The Balaban J connectivity index is 1.66. The van der Waals surface area contributed by atoms with Crippen LogP contribution in [0, 0.1) is 0 Å². The molecule has 0 radical (unpaired) electrons. The van der Waals surface area contributed by atoms with Crippen LogP contribution in [0.25, 0.3) is 0 Å². The number of benzene rings is 2. The van der Waals surface area contributed by atoms with Gasteiger partial charge in [0, 0.05) is 31.7 Å². The number of alkyl halides is 2. The molecule has 32 heavy (non-hydrogen) atoms. The van der Waals surface area contributed by atoms with Gasteiger partial charge in [-0.2, -0.15) is 13.1 Å². The number of ether oxygens (including phenoxy) is 3. The van der Waals surface area contributed by atoms with Crippen LogP contribution in [0.2, 0.25) is 0 Å². The summed E-state index contributed by atoms with van der Waals surface area (Å²) in [6, 6.07) is 10.1. The molecule has 0 saturated carbocycles. The maximum absolute atomic E-state index is 12.9. The molecule has 174 valence electrons. The van der Waals surface area contributed by atoms with Gasteiger partial charge in [-0.1, -0.05) is 0 Å². The average Bonchev–Trinajstić information content (AvgIpc) is 2.79. The number of carbonyl (C=O) groups excluding carboxylic acids is 1. The van der Waals surface area contributed by atoms with E-state index in [2.05, 4.69) is 4.74 Å². The van der Waals surface area contributed by atoms with Crippen molar-refractivity contribution < 1.29 is 36.2 Å². The fraction of sp³-hybridized carbons (Fsp3) is 0.381.